The third kappa shape index (κ3) is 2.53. The maximum absolute atomic E-state index is 13.3. The molecule has 1 fully saturated rings. The van der Waals surface area contributed by atoms with Crippen molar-refractivity contribution < 1.29 is 13.2 Å². The average molecular weight is 311 g/mol. The van der Waals surface area contributed by atoms with E-state index in [0.717, 1.165) is 11.1 Å². The predicted molar refractivity (Wildman–Crippen MR) is 74.3 cm³/mol. The fraction of sp³-hybridized carbons (Fsp3) is 0.500. The van der Waals surface area contributed by atoms with Crippen LogP contribution in [0.15, 0.2) is 18.5 Å². The van der Waals surface area contributed by atoms with Crippen LogP contribution in [0.3, 0.4) is 0 Å². The third-order valence-corrected chi connectivity index (χ3v) is 4.07. The molecule has 0 radical (unpaired) electrons. The molecule has 0 amide bonds. The van der Waals surface area contributed by atoms with Crippen molar-refractivity contribution in [2.75, 3.05) is 5.73 Å². The molecule has 0 aliphatic heterocycles. The van der Waals surface area contributed by atoms with E-state index in [9.17, 15) is 13.2 Å². The minimum atomic E-state index is -4.55. The van der Waals surface area contributed by atoms with Crippen molar-refractivity contribution in [2.24, 2.45) is 5.92 Å². The van der Waals surface area contributed by atoms with Gasteiger partial charge in [-0.1, -0.05) is 13.3 Å². The lowest BCUT2D eigenvalue weighted by Gasteiger charge is -2.13. The molecule has 3 rings (SSSR count). The summed E-state index contributed by atoms with van der Waals surface area (Å²) < 4.78 is 41.0. The second kappa shape index (κ2) is 5.26. The molecule has 2 aromatic rings. The lowest BCUT2D eigenvalue weighted by molar-refractivity contribution is -0.142. The zero-order valence-corrected chi connectivity index (χ0v) is 12.0. The molecule has 2 aromatic heterocycles. The summed E-state index contributed by atoms with van der Waals surface area (Å²) in [5.74, 6) is 0.200. The monoisotopic (exact) mass is 311 g/mol. The highest BCUT2D eigenvalue weighted by atomic mass is 19.4. The number of aromatic nitrogens is 4. The van der Waals surface area contributed by atoms with Crippen molar-refractivity contribution in [3.63, 3.8) is 0 Å². The highest BCUT2D eigenvalue weighted by molar-refractivity contribution is 5.50. The summed E-state index contributed by atoms with van der Waals surface area (Å²) in [7, 11) is 0. The molecule has 1 saturated carbocycles. The van der Waals surface area contributed by atoms with Gasteiger partial charge in [-0.3, -0.25) is 0 Å². The van der Waals surface area contributed by atoms with Crippen LogP contribution in [-0.4, -0.2) is 19.7 Å². The normalized spacial score (nSPS) is 22.2. The Kier molecular flexibility index (Phi) is 3.54. The summed E-state index contributed by atoms with van der Waals surface area (Å²) in [6, 6.07) is 1.58. The van der Waals surface area contributed by atoms with E-state index < -0.39 is 11.9 Å². The quantitative estimate of drug-likeness (QED) is 0.925. The fourth-order valence-corrected chi connectivity index (χ4v) is 3.08. The lowest BCUT2D eigenvalue weighted by Crippen LogP contribution is -2.11. The zero-order valence-electron chi connectivity index (χ0n) is 12.0. The number of hydrogen-bond acceptors (Lipinski definition) is 4. The lowest BCUT2D eigenvalue weighted by atomic mass is 9.96. The van der Waals surface area contributed by atoms with Crippen LogP contribution in [0, 0.1) is 5.92 Å². The van der Waals surface area contributed by atoms with E-state index in [2.05, 4.69) is 15.1 Å². The fourth-order valence-electron chi connectivity index (χ4n) is 3.08. The maximum Gasteiger partial charge on any atom is 0.435 e. The van der Waals surface area contributed by atoms with Gasteiger partial charge < -0.3 is 5.73 Å². The number of nitrogens with zero attached hydrogens (tertiary/aromatic N) is 4. The summed E-state index contributed by atoms with van der Waals surface area (Å²) in [6.45, 7) is 2.04. The van der Waals surface area contributed by atoms with Gasteiger partial charge in [0, 0.05) is 18.0 Å². The number of halogens is 3. The molecule has 118 valence electrons. The van der Waals surface area contributed by atoms with Crippen molar-refractivity contribution in [2.45, 2.75) is 38.3 Å². The number of nitrogen functional groups attached to an aromatic ring is 1. The Morgan fingerprint density at radius 2 is 1.91 bits per heavy atom. The molecule has 5 nitrogen and oxygen atoms in total. The Bertz CT molecular complexity index is 665. The first-order valence-electron chi connectivity index (χ1n) is 7.11. The third-order valence-electron chi connectivity index (χ3n) is 4.07. The minimum absolute atomic E-state index is 0.0161. The molecule has 2 N–H and O–H groups in total. The molecule has 0 saturated heterocycles. The predicted octanol–water partition coefficient (Wildman–Crippen LogP) is 3.17. The molecule has 2 atom stereocenters. The summed E-state index contributed by atoms with van der Waals surface area (Å²) in [6.07, 6.45) is 0.607. The summed E-state index contributed by atoms with van der Waals surface area (Å²) in [4.78, 5) is 7.86. The maximum atomic E-state index is 13.3. The van der Waals surface area contributed by atoms with Crippen LogP contribution < -0.4 is 5.73 Å². The van der Waals surface area contributed by atoms with Crippen LogP contribution in [0.1, 0.15) is 43.4 Å². The van der Waals surface area contributed by atoms with Crippen LogP contribution in [0.25, 0.3) is 5.95 Å². The van der Waals surface area contributed by atoms with Crippen molar-refractivity contribution in [1.82, 2.24) is 19.7 Å². The second-order valence-corrected chi connectivity index (χ2v) is 5.72. The first kappa shape index (κ1) is 14.8. The summed E-state index contributed by atoms with van der Waals surface area (Å²) in [5, 5.41) is 3.66. The molecule has 2 heterocycles. The van der Waals surface area contributed by atoms with Gasteiger partial charge in [-0.2, -0.15) is 23.0 Å². The van der Waals surface area contributed by atoms with E-state index >= 15 is 0 Å². The SMILES string of the molecule is CC1CCC(c2c(C(F)(F)F)nn(-c3ncccn3)c2N)C1. The number of alkyl halides is 3. The van der Waals surface area contributed by atoms with Crippen molar-refractivity contribution in [3.8, 4) is 5.95 Å². The van der Waals surface area contributed by atoms with Gasteiger partial charge in [-0.05, 0) is 30.7 Å². The standard InChI is InChI=1S/C14H16F3N5/c1-8-3-4-9(7-8)10-11(14(15,16)17)21-22(12(10)18)13-19-5-2-6-20-13/h2,5-6,8-9H,3-4,7,18H2,1H3. The van der Waals surface area contributed by atoms with Crippen LogP contribution in [0.4, 0.5) is 19.0 Å². The first-order valence-corrected chi connectivity index (χ1v) is 7.11. The molecule has 1 aliphatic carbocycles. The largest absolute Gasteiger partial charge is 0.435 e. The average Bonchev–Trinajstić information content (AvgIpc) is 3.03. The van der Waals surface area contributed by atoms with Crippen LogP contribution in [0.2, 0.25) is 0 Å². The minimum Gasteiger partial charge on any atom is -0.383 e. The van der Waals surface area contributed by atoms with Gasteiger partial charge in [0.05, 0.1) is 0 Å². The number of nitrogens with two attached hydrogens (primary N) is 1. The highest BCUT2D eigenvalue weighted by Crippen LogP contribution is 2.45. The second-order valence-electron chi connectivity index (χ2n) is 5.72. The molecular formula is C14H16F3N5. The van der Waals surface area contributed by atoms with Gasteiger partial charge in [0.2, 0.25) is 0 Å². The van der Waals surface area contributed by atoms with E-state index in [1.807, 2.05) is 6.92 Å². The Labute approximate surface area is 125 Å². The number of hydrogen-bond donors (Lipinski definition) is 1. The highest BCUT2D eigenvalue weighted by Gasteiger charge is 2.42. The van der Waals surface area contributed by atoms with E-state index in [0.29, 0.717) is 18.8 Å². The van der Waals surface area contributed by atoms with Gasteiger partial charge in [-0.25, -0.2) is 9.97 Å². The van der Waals surface area contributed by atoms with Crippen LogP contribution in [0.5, 0.6) is 0 Å². The Morgan fingerprint density at radius 3 is 2.45 bits per heavy atom. The van der Waals surface area contributed by atoms with Gasteiger partial charge in [0.1, 0.15) is 5.82 Å². The van der Waals surface area contributed by atoms with Gasteiger partial charge in [0.25, 0.3) is 5.95 Å². The van der Waals surface area contributed by atoms with Crippen molar-refractivity contribution >= 4 is 5.82 Å². The van der Waals surface area contributed by atoms with E-state index in [1.165, 1.54) is 12.4 Å². The Morgan fingerprint density at radius 1 is 1.23 bits per heavy atom. The van der Waals surface area contributed by atoms with Crippen molar-refractivity contribution in [1.29, 1.82) is 0 Å². The van der Waals surface area contributed by atoms with E-state index in [1.54, 1.807) is 6.07 Å². The summed E-state index contributed by atoms with van der Waals surface area (Å²) in [5.41, 5.74) is 5.15. The molecule has 0 bridgehead atoms. The van der Waals surface area contributed by atoms with E-state index in [4.69, 9.17) is 5.73 Å². The smallest absolute Gasteiger partial charge is 0.383 e. The van der Waals surface area contributed by atoms with Crippen LogP contribution in [-0.2, 0) is 6.18 Å². The van der Waals surface area contributed by atoms with Crippen molar-refractivity contribution in [3.05, 3.63) is 29.7 Å². The Hall–Kier alpha value is -2.12. The number of anilines is 1. The molecular weight excluding hydrogens is 295 g/mol. The van der Waals surface area contributed by atoms with Gasteiger partial charge in [0.15, 0.2) is 5.69 Å². The molecule has 0 spiro atoms. The number of rotatable bonds is 2. The summed E-state index contributed by atoms with van der Waals surface area (Å²) >= 11 is 0. The molecule has 22 heavy (non-hydrogen) atoms. The topological polar surface area (TPSA) is 69.6 Å². The van der Waals surface area contributed by atoms with Gasteiger partial charge in [-0.15, -0.1) is 0 Å². The molecule has 0 aromatic carbocycles. The first-order chi connectivity index (χ1) is 10.4. The Balaban J connectivity index is 2.13. The van der Waals surface area contributed by atoms with Crippen LogP contribution >= 0.6 is 0 Å². The zero-order chi connectivity index (χ0) is 15.9. The van der Waals surface area contributed by atoms with E-state index in [-0.39, 0.29) is 23.2 Å². The molecule has 2 unspecified atom stereocenters. The van der Waals surface area contributed by atoms with Gasteiger partial charge >= 0.3 is 6.18 Å². The molecule has 8 heteroatoms. The molecule has 1 aliphatic rings.